The molecule has 0 radical (unpaired) electrons. The first kappa shape index (κ1) is 7.99. The number of nitrogens with zero attached hydrogens (tertiary/aromatic N) is 1. The molecule has 0 N–H and O–H groups in total. The number of hydrogen-bond donors (Lipinski definition) is 0. The van der Waals surface area contributed by atoms with Gasteiger partial charge >= 0.3 is 0 Å². The van der Waals surface area contributed by atoms with Gasteiger partial charge in [-0.05, 0) is 36.6 Å². The summed E-state index contributed by atoms with van der Waals surface area (Å²) in [5.74, 6) is 0. The first-order valence-corrected chi connectivity index (χ1v) is 3.91. The van der Waals surface area contributed by atoms with Gasteiger partial charge in [0.2, 0.25) is 0 Å². The minimum atomic E-state index is 1.09. The molecule has 0 amide bonds. The van der Waals surface area contributed by atoms with Crippen LogP contribution in [-0.2, 0) is 0 Å². The maximum Gasteiger partial charge on any atom is 0.0273 e. The van der Waals surface area contributed by atoms with Gasteiger partial charge in [0.05, 0.1) is 0 Å². The molecule has 0 aliphatic carbocycles. The van der Waals surface area contributed by atoms with Crippen LogP contribution in [0, 0.1) is 0 Å². The van der Waals surface area contributed by atoms with Crippen LogP contribution in [0.15, 0.2) is 30.6 Å². The van der Waals surface area contributed by atoms with Crippen molar-refractivity contribution in [1.82, 2.24) is 4.98 Å². The van der Waals surface area contributed by atoms with E-state index in [-0.39, 0.29) is 0 Å². The highest BCUT2D eigenvalue weighted by molar-refractivity contribution is 5.62. The third kappa shape index (κ3) is 2.19. The summed E-state index contributed by atoms with van der Waals surface area (Å²) in [6.07, 6.45) is 6.95. The van der Waals surface area contributed by atoms with Crippen LogP contribution in [0.2, 0.25) is 0 Å². The Kier molecular flexibility index (Phi) is 2.84. The lowest BCUT2D eigenvalue weighted by atomic mass is 10.1. The Balaban J connectivity index is 2.85. The van der Waals surface area contributed by atoms with Gasteiger partial charge < -0.3 is 0 Å². The van der Waals surface area contributed by atoms with E-state index < -0.39 is 0 Å². The van der Waals surface area contributed by atoms with E-state index in [1.54, 1.807) is 0 Å². The molecule has 0 saturated heterocycles. The Hall–Kier alpha value is -1.11. The van der Waals surface area contributed by atoms with Crippen molar-refractivity contribution in [2.75, 3.05) is 0 Å². The minimum Gasteiger partial charge on any atom is -0.265 e. The SMILES string of the molecule is CC/C=C(\C)c1ccncc1. The van der Waals surface area contributed by atoms with Crippen LogP contribution < -0.4 is 0 Å². The molecule has 1 heterocycles. The summed E-state index contributed by atoms with van der Waals surface area (Å²) in [5.41, 5.74) is 2.59. The monoisotopic (exact) mass is 147 g/mol. The lowest BCUT2D eigenvalue weighted by molar-refractivity contribution is 1.22. The highest BCUT2D eigenvalue weighted by Crippen LogP contribution is 2.11. The maximum absolute atomic E-state index is 3.96. The topological polar surface area (TPSA) is 12.9 Å². The Bertz CT molecular complexity index is 236. The Labute approximate surface area is 67.8 Å². The summed E-state index contributed by atoms with van der Waals surface area (Å²) in [6, 6.07) is 4.06. The number of allylic oxidation sites excluding steroid dienone is 2. The molecule has 11 heavy (non-hydrogen) atoms. The highest BCUT2D eigenvalue weighted by atomic mass is 14.6. The standard InChI is InChI=1S/C10H13N/c1-3-4-9(2)10-5-7-11-8-6-10/h4-8H,3H2,1-2H3/b9-4+. The van der Waals surface area contributed by atoms with Crippen molar-refractivity contribution in [3.05, 3.63) is 36.2 Å². The second kappa shape index (κ2) is 3.91. The molecule has 1 nitrogen and oxygen atoms in total. The summed E-state index contributed by atoms with van der Waals surface area (Å²) in [5, 5.41) is 0. The van der Waals surface area contributed by atoms with Gasteiger partial charge in [0.25, 0.3) is 0 Å². The van der Waals surface area contributed by atoms with Crippen molar-refractivity contribution in [3.63, 3.8) is 0 Å². The average Bonchev–Trinajstić information content (AvgIpc) is 2.07. The molecule has 0 aliphatic rings. The fourth-order valence-electron chi connectivity index (χ4n) is 1.04. The zero-order chi connectivity index (χ0) is 8.10. The van der Waals surface area contributed by atoms with Crippen molar-refractivity contribution in [1.29, 1.82) is 0 Å². The second-order valence-corrected chi connectivity index (χ2v) is 2.53. The van der Waals surface area contributed by atoms with Gasteiger partial charge in [0, 0.05) is 12.4 Å². The molecule has 0 saturated carbocycles. The maximum atomic E-state index is 3.96. The van der Waals surface area contributed by atoms with Crippen LogP contribution in [0.3, 0.4) is 0 Å². The molecule has 0 spiro atoms. The number of hydrogen-bond acceptors (Lipinski definition) is 1. The molecule has 0 aromatic carbocycles. The first-order chi connectivity index (χ1) is 5.34. The lowest BCUT2D eigenvalue weighted by Gasteiger charge is -1.98. The van der Waals surface area contributed by atoms with Gasteiger partial charge in [-0.1, -0.05) is 13.0 Å². The predicted octanol–water partition coefficient (Wildman–Crippen LogP) is 2.89. The zero-order valence-corrected chi connectivity index (χ0v) is 7.04. The van der Waals surface area contributed by atoms with E-state index in [0.717, 1.165) is 6.42 Å². The highest BCUT2D eigenvalue weighted by Gasteiger charge is 1.90. The summed E-state index contributed by atoms with van der Waals surface area (Å²) < 4.78 is 0. The molecule has 1 rings (SSSR count). The van der Waals surface area contributed by atoms with Crippen molar-refractivity contribution in [2.45, 2.75) is 20.3 Å². The predicted molar refractivity (Wildman–Crippen MR) is 48.2 cm³/mol. The van der Waals surface area contributed by atoms with Gasteiger partial charge in [-0.2, -0.15) is 0 Å². The fraction of sp³-hybridized carbons (Fsp3) is 0.300. The Morgan fingerprint density at radius 3 is 2.64 bits per heavy atom. The number of pyridine rings is 1. The van der Waals surface area contributed by atoms with Crippen LogP contribution >= 0.6 is 0 Å². The van der Waals surface area contributed by atoms with Gasteiger partial charge in [-0.15, -0.1) is 0 Å². The largest absolute Gasteiger partial charge is 0.265 e. The van der Waals surface area contributed by atoms with Crippen LogP contribution in [0.1, 0.15) is 25.8 Å². The molecular formula is C10H13N. The fourth-order valence-corrected chi connectivity index (χ4v) is 1.04. The van der Waals surface area contributed by atoms with Crippen molar-refractivity contribution in [3.8, 4) is 0 Å². The lowest BCUT2D eigenvalue weighted by Crippen LogP contribution is -1.78. The van der Waals surface area contributed by atoms with Crippen LogP contribution in [0.25, 0.3) is 5.57 Å². The van der Waals surface area contributed by atoms with Gasteiger partial charge in [-0.3, -0.25) is 4.98 Å². The summed E-state index contributed by atoms with van der Waals surface area (Å²) in [7, 11) is 0. The van der Waals surface area contributed by atoms with E-state index in [0.29, 0.717) is 0 Å². The second-order valence-electron chi connectivity index (χ2n) is 2.53. The zero-order valence-electron chi connectivity index (χ0n) is 7.04. The molecule has 1 aromatic heterocycles. The molecule has 0 unspecified atom stereocenters. The van der Waals surface area contributed by atoms with E-state index in [4.69, 9.17) is 0 Å². The Morgan fingerprint density at radius 1 is 1.45 bits per heavy atom. The molecule has 0 aliphatic heterocycles. The summed E-state index contributed by atoms with van der Waals surface area (Å²) in [4.78, 5) is 3.96. The minimum absolute atomic E-state index is 1.09. The summed E-state index contributed by atoms with van der Waals surface area (Å²) in [6.45, 7) is 4.27. The summed E-state index contributed by atoms with van der Waals surface area (Å²) >= 11 is 0. The molecule has 1 heteroatoms. The first-order valence-electron chi connectivity index (χ1n) is 3.91. The van der Waals surface area contributed by atoms with Crippen LogP contribution in [0.5, 0.6) is 0 Å². The quantitative estimate of drug-likeness (QED) is 0.626. The molecule has 1 aromatic rings. The number of rotatable bonds is 2. The van der Waals surface area contributed by atoms with Crippen LogP contribution in [-0.4, -0.2) is 4.98 Å². The third-order valence-corrected chi connectivity index (χ3v) is 1.65. The van der Waals surface area contributed by atoms with Crippen molar-refractivity contribution in [2.24, 2.45) is 0 Å². The van der Waals surface area contributed by atoms with Gasteiger partial charge in [0.15, 0.2) is 0 Å². The van der Waals surface area contributed by atoms with E-state index in [2.05, 4.69) is 24.9 Å². The molecular weight excluding hydrogens is 134 g/mol. The Morgan fingerprint density at radius 2 is 2.09 bits per heavy atom. The average molecular weight is 147 g/mol. The van der Waals surface area contributed by atoms with Crippen molar-refractivity contribution < 1.29 is 0 Å². The van der Waals surface area contributed by atoms with Gasteiger partial charge in [0.1, 0.15) is 0 Å². The van der Waals surface area contributed by atoms with Crippen LogP contribution in [0.4, 0.5) is 0 Å². The van der Waals surface area contributed by atoms with Gasteiger partial charge in [-0.25, -0.2) is 0 Å². The van der Waals surface area contributed by atoms with E-state index in [1.165, 1.54) is 11.1 Å². The van der Waals surface area contributed by atoms with E-state index >= 15 is 0 Å². The normalized spacial score (nSPS) is 11.6. The van der Waals surface area contributed by atoms with E-state index in [1.807, 2.05) is 24.5 Å². The van der Waals surface area contributed by atoms with E-state index in [9.17, 15) is 0 Å². The molecule has 58 valence electrons. The van der Waals surface area contributed by atoms with Crippen molar-refractivity contribution >= 4 is 5.57 Å². The molecule has 0 fully saturated rings. The smallest absolute Gasteiger partial charge is 0.0273 e. The molecule has 0 atom stereocenters. The molecule has 0 bridgehead atoms. The third-order valence-electron chi connectivity index (χ3n) is 1.65. The number of aromatic nitrogens is 1.